The Morgan fingerprint density at radius 2 is 1.79 bits per heavy atom. The fraction of sp³-hybridized carbons (Fsp3) is 0.0455. The monoisotopic (exact) mass is 501 g/mol. The Morgan fingerprint density at radius 3 is 2.48 bits per heavy atom. The summed E-state index contributed by atoms with van der Waals surface area (Å²) < 4.78 is 29.0. The van der Waals surface area contributed by atoms with Crippen LogP contribution in [-0.4, -0.2) is 36.1 Å². The van der Waals surface area contributed by atoms with Gasteiger partial charge in [-0.15, -0.1) is 0 Å². The molecule has 1 amide bonds. The first-order valence-corrected chi connectivity index (χ1v) is 11.8. The summed E-state index contributed by atoms with van der Waals surface area (Å²) in [6, 6.07) is 17.5. The van der Waals surface area contributed by atoms with Gasteiger partial charge in [0.05, 0.1) is 22.1 Å². The Morgan fingerprint density at radius 1 is 1.03 bits per heavy atom. The lowest BCUT2D eigenvalue weighted by Gasteiger charge is -2.20. The van der Waals surface area contributed by atoms with Gasteiger partial charge in [-0.2, -0.15) is 5.10 Å². The molecular formula is C22H17Cl2N5O3S. The molecule has 0 unspecified atom stereocenters. The van der Waals surface area contributed by atoms with Crippen LogP contribution in [0.2, 0.25) is 10.0 Å². The molecule has 33 heavy (non-hydrogen) atoms. The van der Waals surface area contributed by atoms with Crippen molar-refractivity contribution in [2.75, 3.05) is 16.7 Å². The third kappa shape index (κ3) is 4.70. The molecule has 0 atom stereocenters. The van der Waals surface area contributed by atoms with Crippen molar-refractivity contribution in [2.24, 2.45) is 0 Å². The molecule has 0 aliphatic rings. The Balaban J connectivity index is 1.68. The first-order valence-electron chi connectivity index (χ1n) is 9.57. The number of aromatic nitrogens is 3. The van der Waals surface area contributed by atoms with Crippen LogP contribution in [0.25, 0.3) is 5.69 Å². The minimum Gasteiger partial charge on any atom is -0.320 e. The largest absolute Gasteiger partial charge is 0.320 e. The number of hydrogen-bond acceptors (Lipinski definition) is 5. The van der Waals surface area contributed by atoms with Crippen LogP contribution in [0.15, 0.2) is 84.3 Å². The maximum absolute atomic E-state index is 13.2. The number of para-hydroxylation sites is 1. The van der Waals surface area contributed by atoms with Gasteiger partial charge < -0.3 is 5.32 Å². The van der Waals surface area contributed by atoms with Crippen LogP contribution in [0.3, 0.4) is 0 Å². The molecule has 1 N–H and O–H groups in total. The summed E-state index contributed by atoms with van der Waals surface area (Å²) in [5, 5.41) is 7.22. The molecule has 0 aliphatic heterocycles. The van der Waals surface area contributed by atoms with Gasteiger partial charge in [-0.05, 0) is 48.5 Å². The lowest BCUT2D eigenvalue weighted by molar-refractivity contribution is 0.102. The molecule has 0 saturated carbocycles. The number of sulfonamides is 1. The number of nitrogens with zero attached hydrogens (tertiary/aromatic N) is 4. The number of rotatable bonds is 6. The first kappa shape index (κ1) is 22.8. The zero-order valence-corrected chi connectivity index (χ0v) is 19.5. The molecular weight excluding hydrogens is 485 g/mol. The standard InChI is InChI=1S/C22H17Cl2N5O3S/c1-28(17-5-3-2-4-6-17)33(31,32)21-11-15(7-9-18(21)24)22(30)27-19-12-16(23)8-10-20(19)29-14-25-13-26-29/h2-14H,1H3,(H,27,30). The van der Waals surface area contributed by atoms with E-state index in [4.69, 9.17) is 23.2 Å². The highest BCUT2D eigenvalue weighted by Gasteiger charge is 2.25. The van der Waals surface area contributed by atoms with Crippen molar-refractivity contribution in [3.63, 3.8) is 0 Å². The van der Waals surface area contributed by atoms with Crippen molar-refractivity contribution in [3.05, 3.63) is 95.0 Å². The van der Waals surface area contributed by atoms with Gasteiger partial charge in [0.2, 0.25) is 0 Å². The number of nitrogens with one attached hydrogen (secondary N) is 1. The van der Waals surface area contributed by atoms with Gasteiger partial charge in [-0.25, -0.2) is 18.1 Å². The maximum atomic E-state index is 13.2. The summed E-state index contributed by atoms with van der Waals surface area (Å²) in [6.07, 6.45) is 2.84. The zero-order valence-electron chi connectivity index (χ0n) is 17.2. The van der Waals surface area contributed by atoms with E-state index in [1.54, 1.807) is 48.5 Å². The van der Waals surface area contributed by atoms with Crippen LogP contribution in [0, 0.1) is 0 Å². The van der Waals surface area contributed by atoms with Crippen molar-refractivity contribution < 1.29 is 13.2 Å². The Labute approximate surface area is 200 Å². The predicted octanol–water partition coefficient (Wildman–Crippen LogP) is 4.65. The van der Waals surface area contributed by atoms with Gasteiger partial charge in [0, 0.05) is 17.6 Å². The van der Waals surface area contributed by atoms with Gasteiger partial charge in [-0.1, -0.05) is 41.4 Å². The van der Waals surface area contributed by atoms with Crippen LogP contribution < -0.4 is 9.62 Å². The molecule has 168 valence electrons. The van der Waals surface area contributed by atoms with Crippen LogP contribution in [0.5, 0.6) is 0 Å². The van der Waals surface area contributed by atoms with Gasteiger partial charge in [-0.3, -0.25) is 9.10 Å². The molecule has 3 aromatic carbocycles. The second kappa shape index (κ2) is 9.22. The first-order chi connectivity index (χ1) is 15.8. The van der Waals surface area contributed by atoms with E-state index >= 15 is 0 Å². The second-order valence-electron chi connectivity index (χ2n) is 6.91. The molecule has 4 rings (SSSR count). The number of amides is 1. The van der Waals surface area contributed by atoms with Crippen LogP contribution in [-0.2, 0) is 10.0 Å². The van der Waals surface area contributed by atoms with E-state index < -0.39 is 15.9 Å². The highest BCUT2D eigenvalue weighted by molar-refractivity contribution is 7.93. The van der Waals surface area contributed by atoms with Crippen LogP contribution in [0.4, 0.5) is 11.4 Å². The van der Waals surface area contributed by atoms with Crippen molar-refractivity contribution >= 4 is 50.5 Å². The highest BCUT2D eigenvalue weighted by atomic mass is 35.5. The summed E-state index contributed by atoms with van der Waals surface area (Å²) in [7, 11) is -2.60. The number of halogens is 2. The minimum atomic E-state index is -4.02. The summed E-state index contributed by atoms with van der Waals surface area (Å²) in [5.41, 5.74) is 1.47. The van der Waals surface area contributed by atoms with Crippen LogP contribution >= 0.6 is 23.2 Å². The van der Waals surface area contributed by atoms with E-state index in [1.165, 1.54) is 42.6 Å². The van der Waals surface area contributed by atoms with Gasteiger partial charge >= 0.3 is 0 Å². The molecule has 0 bridgehead atoms. The van der Waals surface area contributed by atoms with Crippen molar-refractivity contribution in [2.45, 2.75) is 4.90 Å². The molecule has 0 aliphatic carbocycles. The van der Waals surface area contributed by atoms with Gasteiger partial charge in [0.1, 0.15) is 17.6 Å². The van der Waals surface area contributed by atoms with E-state index in [9.17, 15) is 13.2 Å². The third-order valence-corrected chi connectivity index (χ3v) is 7.33. The number of carbonyl (C=O) groups excluding carboxylic acids is 1. The summed E-state index contributed by atoms with van der Waals surface area (Å²) in [4.78, 5) is 16.7. The molecule has 4 aromatic rings. The third-order valence-electron chi connectivity index (χ3n) is 4.82. The maximum Gasteiger partial charge on any atom is 0.265 e. The average molecular weight is 502 g/mol. The summed E-state index contributed by atoms with van der Waals surface area (Å²) in [6.45, 7) is 0. The van der Waals surface area contributed by atoms with E-state index in [2.05, 4.69) is 15.4 Å². The van der Waals surface area contributed by atoms with Crippen molar-refractivity contribution in [1.82, 2.24) is 14.8 Å². The van der Waals surface area contributed by atoms with E-state index in [0.717, 1.165) is 4.31 Å². The van der Waals surface area contributed by atoms with Gasteiger partial charge in [0.15, 0.2) is 0 Å². The van der Waals surface area contributed by atoms with E-state index in [-0.39, 0.29) is 15.5 Å². The molecule has 11 heteroatoms. The Bertz CT molecular complexity index is 1410. The Kier molecular flexibility index (Phi) is 6.37. The summed E-state index contributed by atoms with van der Waals surface area (Å²) in [5.74, 6) is -0.547. The number of benzene rings is 3. The fourth-order valence-electron chi connectivity index (χ4n) is 3.10. The van der Waals surface area contributed by atoms with Crippen molar-refractivity contribution in [3.8, 4) is 5.69 Å². The average Bonchev–Trinajstić information content (AvgIpc) is 3.34. The molecule has 0 spiro atoms. The van der Waals surface area contributed by atoms with E-state index in [0.29, 0.717) is 22.1 Å². The smallest absolute Gasteiger partial charge is 0.265 e. The molecule has 8 nitrogen and oxygen atoms in total. The molecule has 0 saturated heterocycles. The zero-order chi connectivity index (χ0) is 23.6. The second-order valence-corrected chi connectivity index (χ2v) is 9.69. The molecule has 0 radical (unpaired) electrons. The molecule has 1 aromatic heterocycles. The summed E-state index contributed by atoms with van der Waals surface area (Å²) >= 11 is 12.3. The lowest BCUT2D eigenvalue weighted by Crippen LogP contribution is -2.27. The highest BCUT2D eigenvalue weighted by Crippen LogP contribution is 2.29. The lowest BCUT2D eigenvalue weighted by atomic mass is 10.2. The topological polar surface area (TPSA) is 97.2 Å². The SMILES string of the molecule is CN(c1ccccc1)S(=O)(=O)c1cc(C(=O)Nc2cc(Cl)ccc2-n2cncn2)ccc1Cl. The Hall–Kier alpha value is -3.40. The number of carbonyl (C=O) groups is 1. The minimum absolute atomic E-state index is 0.000362. The normalized spacial score (nSPS) is 11.2. The molecule has 0 fully saturated rings. The van der Waals surface area contributed by atoms with Crippen LogP contribution in [0.1, 0.15) is 10.4 Å². The van der Waals surface area contributed by atoms with Gasteiger partial charge in [0.25, 0.3) is 15.9 Å². The predicted molar refractivity (Wildman–Crippen MR) is 128 cm³/mol. The van der Waals surface area contributed by atoms with E-state index in [1.807, 2.05) is 0 Å². The molecule has 1 heterocycles. The fourth-order valence-corrected chi connectivity index (χ4v) is 4.97. The quantitative estimate of drug-likeness (QED) is 0.414. The number of hydrogen-bond donors (Lipinski definition) is 1. The van der Waals surface area contributed by atoms with Crippen molar-refractivity contribution in [1.29, 1.82) is 0 Å². The number of anilines is 2.